The van der Waals surface area contributed by atoms with Gasteiger partial charge in [-0.1, -0.05) is 6.07 Å². The predicted molar refractivity (Wildman–Crippen MR) is 98.6 cm³/mol. The minimum atomic E-state index is -0.434. The summed E-state index contributed by atoms with van der Waals surface area (Å²) in [5.74, 6) is 0.164. The van der Waals surface area contributed by atoms with E-state index in [1.165, 1.54) is 17.7 Å². The highest BCUT2D eigenvalue weighted by molar-refractivity contribution is 7.10. The molecule has 1 fully saturated rings. The van der Waals surface area contributed by atoms with Crippen molar-refractivity contribution in [1.82, 2.24) is 9.88 Å². The molecule has 0 saturated carbocycles. The molecule has 24 heavy (non-hydrogen) atoms. The normalized spacial score (nSPS) is 16.2. The van der Waals surface area contributed by atoms with E-state index in [1.54, 1.807) is 11.3 Å². The van der Waals surface area contributed by atoms with E-state index < -0.39 is 5.91 Å². The number of carbonyl (C=O) groups is 1. The van der Waals surface area contributed by atoms with Gasteiger partial charge in [0.05, 0.1) is 11.6 Å². The molecule has 5 nitrogen and oxygen atoms in total. The van der Waals surface area contributed by atoms with E-state index in [0.717, 1.165) is 30.9 Å². The molecule has 3 rings (SSSR count). The Bertz CT molecular complexity index is 708. The Hall–Kier alpha value is -1.92. The molecule has 1 amide bonds. The van der Waals surface area contributed by atoms with Gasteiger partial charge >= 0.3 is 0 Å². The molecule has 3 N–H and O–H groups in total. The number of aryl methyl sites for hydroxylation is 2. The van der Waals surface area contributed by atoms with Crippen LogP contribution in [0.3, 0.4) is 0 Å². The summed E-state index contributed by atoms with van der Waals surface area (Å²) in [6.07, 6.45) is 2.49. The summed E-state index contributed by atoms with van der Waals surface area (Å²) >= 11 is 1.78. The molecule has 2 aromatic rings. The maximum Gasteiger partial charge on any atom is 0.252 e. The SMILES string of the molecule is Cc1cc(C)c(C(N)=O)c(NC[C@@H](c2cccs2)N2CCCC2)n1. The number of anilines is 1. The Balaban J connectivity index is 1.83. The Morgan fingerprint density at radius 2 is 2.17 bits per heavy atom. The van der Waals surface area contributed by atoms with Crippen LogP contribution in [0.5, 0.6) is 0 Å². The molecule has 1 aliphatic heterocycles. The molecule has 1 atom stereocenters. The van der Waals surface area contributed by atoms with Crippen LogP contribution in [0.15, 0.2) is 23.6 Å². The fourth-order valence-electron chi connectivity index (χ4n) is 3.41. The summed E-state index contributed by atoms with van der Waals surface area (Å²) in [5.41, 5.74) is 7.80. The van der Waals surface area contributed by atoms with Crippen LogP contribution in [0.25, 0.3) is 0 Å². The van der Waals surface area contributed by atoms with E-state index in [0.29, 0.717) is 17.4 Å². The van der Waals surface area contributed by atoms with Gasteiger partial charge in [-0.15, -0.1) is 11.3 Å². The summed E-state index contributed by atoms with van der Waals surface area (Å²) in [6.45, 7) is 6.79. The van der Waals surface area contributed by atoms with Gasteiger partial charge in [0.15, 0.2) is 0 Å². The van der Waals surface area contributed by atoms with Gasteiger partial charge in [0.2, 0.25) is 0 Å². The third kappa shape index (κ3) is 3.60. The number of nitrogens with zero attached hydrogens (tertiary/aromatic N) is 2. The topological polar surface area (TPSA) is 71.2 Å². The Kier molecular flexibility index (Phi) is 5.16. The number of hydrogen-bond acceptors (Lipinski definition) is 5. The average molecular weight is 344 g/mol. The van der Waals surface area contributed by atoms with Gasteiger partial charge in [0, 0.05) is 17.1 Å². The Labute approximate surface area is 146 Å². The minimum Gasteiger partial charge on any atom is -0.367 e. The molecular formula is C18H24N4OS. The molecule has 0 bridgehead atoms. The van der Waals surface area contributed by atoms with E-state index >= 15 is 0 Å². The first kappa shape index (κ1) is 16.9. The fourth-order valence-corrected chi connectivity index (χ4v) is 4.27. The van der Waals surface area contributed by atoms with Crippen molar-refractivity contribution in [3.8, 4) is 0 Å². The summed E-state index contributed by atoms with van der Waals surface area (Å²) in [7, 11) is 0. The highest BCUT2D eigenvalue weighted by Crippen LogP contribution is 2.29. The molecule has 0 radical (unpaired) electrons. The molecule has 0 aromatic carbocycles. The number of rotatable bonds is 6. The average Bonchev–Trinajstić information content (AvgIpc) is 3.19. The van der Waals surface area contributed by atoms with Crippen molar-refractivity contribution in [3.05, 3.63) is 45.3 Å². The first-order chi connectivity index (χ1) is 11.6. The molecule has 1 aliphatic rings. The molecular weight excluding hydrogens is 320 g/mol. The fraction of sp³-hybridized carbons (Fsp3) is 0.444. The van der Waals surface area contributed by atoms with Crippen LogP contribution in [-0.4, -0.2) is 35.4 Å². The lowest BCUT2D eigenvalue weighted by atomic mass is 10.1. The zero-order valence-corrected chi connectivity index (χ0v) is 15.0. The van der Waals surface area contributed by atoms with Crippen molar-refractivity contribution in [2.75, 3.05) is 25.0 Å². The third-order valence-corrected chi connectivity index (χ3v) is 5.48. The van der Waals surface area contributed by atoms with Crippen LogP contribution < -0.4 is 11.1 Å². The second-order valence-corrected chi connectivity index (χ2v) is 7.30. The first-order valence-electron chi connectivity index (χ1n) is 8.35. The van der Waals surface area contributed by atoms with Gasteiger partial charge in [-0.2, -0.15) is 0 Å². The molecule has 128 valence electrons. The maximum atomic E-state index is 11.8. The van der Waals surface area contributed by atoms with Crippen LogP contribution in [0.1, 0.15) is 45.4 Å². The highest BCUT2D eigenvalue weighted by atomic mass is 32.1. The number of pyridine rings is 1. The first-order valence-corrected chi connectivity index (χ1v) is 9.23. The van der Waals surface area contributed by atoms with Crippen LogP contribution >= 0.6 is 11.3 Å². The largest absolute Gasteiger partial charge is 0.367 e. The van der Waals surface area contributed by atoms with Crippen molar-refractivity contribution in [2.45, 2.75) is 32.7 Å². The van der Waals surface area contributed by atoms with Crippen LogP contribution in [0.4, 0.5) is 5.82 Å². The van der Waals surface area contributed by atoms with Crippen molar-refractivity contribution >= 4 is 23.1 Å². The monoisotopic (exact) mass is 344 g/mol. The number of nitrogens with one attached hydrogen (secondary N) is 1. The molecule has 1 saturated heterocycles. The zero-order valence-electron chi connectivity index (χ0n) is 14.2. The van der Waals surface area contributed by atoms with Gasteiger partial charge in [-0.05, 0) is 62.9 Å². The number of thiophene rings is 1. The van der Waals surface area contributed by atoms with Crippen molar-refractivity contribution < 1.29 is 4.79 Å². The van der Waals surface area contributed by atoms with Gasteiger partial charge in [-0.3, -0.25) is 9.69 Å². The zero-order chi connectivity index (χ0) is 17.1. The number of aromatic nitrogens is 1. The summed E-state index contributed by atoms with van der Waals surface area (Å²) in [6, 6.07) is 6.46. The molecule has 0 spiro atoms. The van der Waals surface area contributed by atoms with Gasteiger partial charge in [-0.25, -0.2) is 4.98 Å². The third-order valence-electron chi connectivity index (χ3n) is 4.51. The lowest BCUT2D eigenvalue weighted by molar-refractivity contribution is 0.1000. The number of nitrogens with two attached hydrogens (primary N) is 1. The second kappa shape index (κ2) is 7.32. The van der Waals surface area contributed by atoms with Gasteiger partial charge < -0.3 is 11.1 Å². The number of primary amides is 1. The molecule has 2 aromatic heterocycles. The molecule has 6 heteroatoms. The van der Waals surface area contributed by atoms with E-state index in [9.17, 15) is 4.79 Å². The van der Waals surface area contributed by atoms with Crippen molar-refractivity contribution in [2.24, 2.45) is 5.73 Å². The van der Waals surface area contributed by atoms with Crippen LogP contribution in [0.2, 0.25) is 0 Å². The highest BCUT2D eigenvalue weighted by Gasteiger charge is 2.25. The lowest BCUT2D eigenvalue weighted by Gasteiger charge is -2.27. The number of hydrogen-bond donors (Lipinski definition) is 2. The summed E-state index contributed by atoms with van der Waals surface area (Å²) in [5, 5.41) is 5.51. The molecule has 0 unspecified atom stereocenters. The van der Waals surface area contributed by atoms with Crippen LogP contribution in [-0.2, 0) is 0 Å². The molecule has 3 heterocycles. The second-order valence-electron chi connectivity index (χ2n) is 6.32. The van der Waals surface area contributed by atoms with E-state index in [1.807, 2.05) is 19.9 Å². The summed E-state index contributed by atoms with van der Waals surface area (Å²) in [4.78, 5) is 20.2. The lowest BCUT2D eigenvalue weighted by Crippen LogP contribution is -2.31. The molecule has 0 aliphatic carbocycles. The van der Waals surface area contributed by atoms with Crippen molar-refractivity contribution in [3.63, 3.8) is 0 Å². The standard InChI is InChI=1S/C18H24N4OS/c1-12-10-13(2)21-18(16(12)17(19)23)20-11-14(15-6-5-9-24-15)22-7-3-4-8-22/h5-6,9-10,14H,3-4,7-8,11H2,1-2H3,(H2,19,23)(H,20,21)/t14-/m0/s1. The maximum absolute atomic E-state index is 11.8. The summed E-state index contributed by atoms with van der Waals surface area (Å²) < 4.78 is 0. The number of carbonyl (C=O) groups excluding carboxylic acids is 1. The van der Waals surface area contributed by atoms with E-state index in [2.05, 4.69) is 32.7 Å². The minimum absolute atomic E-state index is 0.302. The van der Waals surface area contributed by atoms with Crippen molar-refractivity contribution in [1.29, 1.82) is 0 Å². The predicted octanol–water partition coefficient (Wildman–Crippen LogP) is 3.11. The van der Waals surface area contributed by atoms with Crippen LogP contribution in [0, 0.1) is 13.8 Å². The Morgan fingerprint density at radius 3 is 2.79 bits per heavy atom. The van der Waals surface area contributed by atoms with Gasteiger partial charge in [0.25, 0.3) is 5.91 Å². The number of likely N-dealkylation sites (tertiary alicyclic amines) is 1. The van der Waals surface area contributed by atoms with Gasteiger partial charge in [0.1, 0.15) is 5.82 Å². The number of amides is 1. The Morgan fingerprint density at radius 1 is 1.42 bits per heavy atom. The van der Waals surface area contributed by atoms with E-state index in [-0.39, 0.29) is 0 Å². The quantitative estimate of drug-likeness (QED) is 0.845. The smallest absolute Gasteiger partial charge is 0.252 e. The van der Waals surface area contributed by atoms with E-state index in [4.69, 9.17) is 5.73 Å².